The van der Waals surface area contributed by atoms with E-state index in [0.717, 1.165) is 13.0 Å². The van der Waals surface area contributed by atoms with Gasteiger partial charge in [0.2, 0.25) is 17.7 Å². The van der Waals surface area contributed by atoms with Crippen molar-refractivity contribution in [1.82, 2.24) is 21.3 Å². The predicted molar refractivity (Wildman–Crippen MR) is 136 cm³/mol. The van der Waals surface area contributed by atoms with Gasteiger partial charge in [-0.3, -0.25) is 14.4 Å². The van der Waals surface area contributed by atoms with E-state index in [1.54, 1.807) is 12.1 Å². The fraction of sp³-hybridized carbons (Fsp3) is 0.583. The lowest BCUT2D eigenvalue weighted by atomic mass is 10.0. The van der Waals surface area contributed by atoms with Crippen LogP contribution in [-0.4, -0.2) is 70.4 Å². The van der Waals surface area contributed by atoms with Gasteiger partial charge in [0.05, 0.1) is 0 Å². The molecule has 3 atom stereocenters. The molecule has 3 amide bonds. The molecule has 11 heteroatoms. The highest BCUT2D eigenvalue weighted by atomic mass is 32.1. The number of carbonyl (C=O) groups is 4. The number of amides is 3. The van der Waals surface area contributed by atoms with E-state index < -0.39 is 41.8 Å². The predicted octanol–water partition coefficient (Wildman–Crippen LogP) is 0.982. The summed E-state index contributed by atoms with van der Waals surface area (Å²) < 4.78 is 0. The minimum atomic E-state index is -1.16. The number of hydrogen-bond acceptors (Lipinski definition) is 7. The lowest BCUT2D eigenvalue weighted by Gasteiger charge is -2.24. The zero-order valence-electron chi connectivity index (χ0n) is 20.5. The Kier molecular flexibility index (Phi) is 13.8. The Hall–Kier alpha value is -2.79. The summed E-state index contributed by atoms with van der Waals surface area (Å²) in [6, 6.07) is 3.38. The molecule has 0 saturated heterocycles. The second-order valence-electron chi connectivity index (χ2n) is 8.70. The summed E-state index contributed by atoms with van der Waals surface area (Å²) in [7, 11) is 0. The maximum atomic E-state index is 13.1. The average Bonchev–Trinajstić information content (AvgIpc) is 2.77. The summed E-state index contributed by atoms with van der Waals surface area (Å²) in [5.41, 5.74) is 0.653. The van der Waals surface area contributed by atoms with E-state index in [-0.39, 0.29) is 25.0 Å². The molecule has 0 spiro atoms. The smallest absolute Gasteiger partial charge is 0.326 e. The molecule has 1 rings (SSSR count). The number of nitrogens with one attached hydrogen (secondary N) is 4. The SMILES string of the molecule is CC(=O)N[C@@H](CCS)C(=O)N[C@@H](Cc1ccc(O)cc1)C(=O)N[C@@H](CCCCNC(C)C)C(=O)O. The summed E-state index contributed by atoms with van der Waals surface area (Å²) in [5.74, 6) is -2.39. The molecular formula is C24H38N4O6S. The highest BCUT2D eigenvalue weighted by molar-refractivity contribution is 7.80. The number of benzene rings is 1. The zero-order valence-corrected chi connectivity index (χ0v) is 21.4. The summed E-state index contributed by atoms with van der Waals surface area (Å²) in [6.45, 7) is 6.08. The molecule has 0 unspecified atom stereocenters. The van der Waals surface area contributed by atoms with Gasteiger partial charge in [0.1, 0.15) is 23.9 Å². The van der Waals surface area contributed by atoms with Crippen LogP contribution in [0.1, 0.15) is 52.0 Å². The first-order chi connectivity index (χ1) is 16.5. The number of phenols is 1. The van der Waals surface area contributed by atoms with Crippen LogP contribution in [-0.2, 0) is 25.6 Å². The van der Waals surface area contributed by atoms with Crippen LogP contribution in [0.15, 0.2) is 24.3 Å². The van der Waals surface area contributed by atoms with E-state index in [9.17, 15) is 29.4 Å². The standard InChI is InChI=1S/C24H38N4O6S/c1-15(2)25-12-5-4-6-20(24(33)34)27-23(32)21(14-17-7-9-18(30)10-8-17)28-22(31)19(11-13-35)26-16(3)29/h7-10,15,19-21,25,30,35H,4-6,11-14H2,1-3H3,(H,26,29)(H,27,32)(H,28,31)(H,33,34)/t19-,20-,21-/m0/s1. The number of aromatic hydroxyl groups is 1. The van der Waals surface area contributed by atoms with Gasteiger partial charge in [0.25, 0.3) is 0 Å². The van der Waals surface area contributed by atoms with Gasteiger partial charge in [-0.1, -0.05) is 26.0 Å². The average molecular weight is 511 g/mol. The number of rotatable bonds is 16. The second kappa shape index (κ2) is 16.0. The first-order valence-electron chi connectivity index (χ1n) is 11.8. The number of aliphatic carboxylic acids is 1. The molecule has 35 heavy (non-hydrogen) atoms. The number of carboxylic acid groups (broad SMARTS) is 1. The molecule has 1 aromatic carbocycles. The van der Waals surface area contributed by atoms with Crippen LogP contribution in [0.3, 0.4) is 0 Å². The Morgan fingerprint density at radius 1 is 0.886 bits per heavy atom. The topological polar surface area (TPSA) is 157 Å². The van der Waals surface area contributed by atoms with Crippen molar-refractivity contribution in [3.8, 4) is 5.75 Å². The van der Waals surface area contributed by atoms with Crippen molar-refractivity contribution in [3.05, 3.63) is 29.8 Å². The summed E-state index contributed by atoms with van der Waals surface area (Å²) in [5, 5.41) is 30.1. The molecule has 1 aromatic rings. The molecule has 0 aliphatic heterocycles. The van der Waals surface area contributed by atoms with E-state index in [2.05, 4.69) is 33.9 Å². The molecule has 0 fully saturated rings. The lowest BCUT2D eigenvalue weighted by molar-refractivity contribution is -0.142. The quantitative estimate of drug-likeness (QED) is 0.129. The molecule has 10 nitrogen and oxygen atoms in total. The second-order valence-corrected chi connectivity index (χ2v) is 9.15. The van der Waals surface area contributed by atoms with Gasteiger partial charge in [-0.15, -0.1) is 0 Å². The van der Waals surface area contributed by atoms with Crippen LogP contribution in [0.25, 0.3) is 0 Å². The fourth-order valence-corrected chi connectivity index (χ4v) is 3.64. The van der Waals surface area contributed by atoms with Crippen molar-refractivity contribution in [3.63, 3.8) is 0 Å². The fourth-order valence-electron chi connectivity index (χ4n) is 3.39. The van der Waals surface area contributed by atoms with E-state index in [1.807, 2.05) is 13.8 Å². The molecule has 0 heterocycles. The summed E-state index contributed by atoms with van der Waals surface area (Å²) in [4.78, 5) is 49.2. The third-order valence-electron chi connectivity index (χ3n) is 5.21. The van der Waals surface area contributed by atoms with Crippen LogP contribution in [0.4, 0.5) is 0 Å². The Labute approximate surface area is 212 Å². The van der Waals surface area contributed by atoms with Crippen molar-refractivity contribution in [2.75, 3.05) is 12.3 Å². The van der Waals surface area contributed by atoms with Crippen LogP contribution in [0.5, 0.6) is 5.75 Å². The highest BCUT2D eigenvalue weighted by Gasteiger charge is 2.29. The minimum Gasteiger partial charge on any atom is -0.508 e. The lowest BCUT2D eigenvalue weighted by Crippen LogP contribution is -2.56. The van der Waals surface area contributed by atoms with Gasteiger partial charge in [-0.25, -0.2) is 4.79 Å². The van der Waals surface area contributed by atoms with Gasteiger partial charge in [0, 0.05) is 19.4 Å². The molecular weight excluding hydrogens is 472 g/mol. The molecule has 0 bridgehead atoms. The number of thiol groups is 1. The summed E-state index contributed by atoms with van der Waals surface area (Å²) in [6.07, 6.45) is 1.92. The number of unbranched alkanes of at least 4 members (excludes halogenated alkanes) is 1. The van der Waals surface area contributed by atoms with Crippen molar-refractivity contribution in [1.29, 1.82) is 0 Å². The Bertz CT molecular complexity index is 834. The molecule has 196 valence electrons. The normalized spacial score (nSPS) is 13.5. The maximum Gasteiger partial charge on any atom is 0.326 e. The van der Waals surface area contributed by atoms with E-state index in [4.69, 9.17) is 0 Å². The third kappa shape index (κ3) is 12.5. The Morgan fingerprint density at radius 2 is 1.49 bits per heavy atom. The molecule has 6 N–H and O–H groups in total. The number of phenolic OH excluding ortho intramolecular Hbond substituents is 1. The van der Waals surface area contributed by atoms with Crippen molar-refractivity contribution < 1.29 is 29.4 Å². The van der Waals surface area contributed by atoms with Crippen LogP contribution in [0.2, 0.25) is 0 Å². The first kappa shape index (κ1) is 30.2. The molecule has 0 radical (unpaired) electrons. The highest BCUT2D eigenvalue weighted by Crippen LogP contribution is 2.12. The van der Waals surface area contributed by atoms with Crippen LogP contribution < -0.4 is 21.3 Å². The van der Waals surface area contributed by atoms with Crippen molar-refractivity contribution >= 4 is 36.3 Å². The van der Waals surface area contributed by atoms with Gasteiger partial charge in [-0.2, -0.15) is 12.6 Å². The van der Waals surface area contributed by atoms with Crippen molar-refractivity contribution in [2.45, 2.75) is 77.0 Å². The largest absolute Gasteiger partial charge is 0.508 e. The molecule has 0 saturated carbocycles. The third-order valence-corrected chi connectivity index (χ3v) is 5.47. The molecule has 0 aromatic heterocycles. The number of hydrogen-bond donors (Lipinski definition) is 7. The van der Waals surface area contributed by atoms with Crippen LogP contribution in [0, 0.1) is 0 Å². The molecule has 0 aliphatic rings. The number of carbonyl (C=O) groups excluding carboxylic acids is 3. The monoisotopic (exact) mass is 510 g/mol. The first-order valence-corrected chi connectivity index (χ1v) is 12.4. The van der Waals surface area contributed by atoms with E-state index in [0.29, 0.717) is 23.8 Å². The minimum absolute atomic E-state index is 0.0520. The van der Waals surface area contributed by atoms with Gasteiger partial charge in [0.15, 0.2) is 0 Å². The Balaban J connectivity index is 2.94. The van der Waals surface area contributed by atoms with E-state index in [1.165, 1.54) is 19.1 Å². The van der Waals surface area contributed by atoms with Crippen molar-refractivity contribution in [2.24, 2.45) is 0 Å². The number of carboxylic acids is 1. The Morgan fingerprint density at radius 3 is 2.03 bits per heavy atom. The molecule has 0 aliphatic carbocycles. The van der Waals surface area contributed by atoms with Gasteiger partial charge < -0.3 is 31.5 Å². The van der Waals surface area contributed by atoms with Gasteiger partial charge >= 0.3 is 5.97 Å². The van der Waals surface area contributed by atoms with Crippen LogP contribution >= 0.6 is 12.6 Å². The summed E-state index contributed by atoms with van der Waals surface area (Å²) >= 11 is 4.12. The maximum absolute atomic E-state index is 13.1. The van der Waals surface area contributed by atoms with E-state index >= 15 is 0 Å². The van der Waals surface area contributed by atoms with Gasteiger partial charge in [-0.05, 0) is 55.7 Å². The zero-order chi connectivity index (χ0) is 26.4.